The molecule has 4 rings (SSSR count). The number of ether oxygens (including phenoxy) is 1. The van der Waals surface area contributed by atoms with Crippen LogP contribution in [-0.2, 0) is 9.59 Å². The number of hydrogen-bond acceptors (Lipinski definition) is 4. The zero-order valence-electron chi connectivity index (χ0n) is 17.4. The Morgan fingerprint density at radius 3 is 2.70 bits per heavy atom. The highest BCUT2D eigenvalue weighted by atomic mass is 16.5. The van der Waals surface area contributed by atoms with E-state index >= 15 is 0 Å². The number of nitrogens with one attached hydrogen (secondary N) is 2. The van der Waals surface area contributed by atoms with Gasteiger partial charge < -0.3 is 15.4 Å². The average Bonchev–Trinajstić information content (AvgIpc) is 3.18. The van der Waals surface area contributed by atoms with Gasteiger partial charge in [-0.05, 0) is 61.7 Å². The fourth-order valence-electron chi connectivity index (χ4n) is 3.71. The number of amides is 2. The van der Waals surface area contributed by atoms with Gasteiger partial charge in [0, 0.05) is 11.3 Å². The largest absolute Gasteiger partial charge is 0.497 e. The van der Waals surface area contributed by atoms with Gasteiger partial charge in [-0.25, -0.2) is 4.68 Å². The van der Waals surface area contributed by atoms with E-state index < -0.39 is 6.04 Å². The molecule has 7 heteroatoms. The van der Waals surface area contributed by atoms with Crippen molar-refractivity contribution in [1.29, 1.82) is 0 Å². The summed E-state index contributed by atoms with van der Waals surface area (Å²) in [6.07, 6.45) is 0.00439. The maximum absolute atomic E-state index is 12.6. The summed E-state index contributed by atoms with van der Waals surface area (Å²) in [7, 11) is 1.61. The second-order valence-corrected chi connectivity index (χ2v) is 7.54. The van der Waals surface area contributed by atoms with Crippen LogP contribution in [0.5, 0.6) is 5.75 Å². The zero-order valence-corrected chi connectivity index (χ0v) is 17.4. The molecule has 3 aromatic rings. The number of aryl methyl sites for hydroxylation is 3. The van der Waals surface area contributed by atoms with E-state index in [1.54, 1.807) is 11.8 Å². The predicted molar refractivity (Wildman–Crippen MR) is 116 cm³/mol. The summed E-state index contributed by atoms with van der Waals surface area (Å²) >= 11 is 0. The average molecular weight is 404 g/mol. The third kappa shape index (κ3) is 3.54. The van der Waals surface area contributed by atoms with Crippen molar-refractivity contribution < 1.29 is 14.3 Å². The monoisotopic (exact) mass is 404 g/mol. The minimum absolute atomic E-state index is 0.00439. The van der Waals surface area contributed by atoms with E-state index in [-0.39, 0.29) is 18.2 Å². The Morgan fingerprint density at radius 2 is 1.97 bits per heavy atom. The Labute approximate surface area is 175 Å². The lowest BCUT2D eigenvalue weighted by Gasteiger charge is -2.11. The van der Waals surface area contributed by atoms with Gasteiger partial charge in [-0.1, -0.05) is 18.2 Å². The summed E-state index contributed by atoms with van der Waals surface area (Å²) < 4.78 is 6.93. The van der Waals surface area contributed by atoms with E-state index in [2.05, 4.69) is 15.7 Å². The molecule has 0 saturated carbocycles. The first-order valence-corrected chi connectivity index (χ1v) is 9.79. The molecule has 0 bridgehead atoms. The minimum atomic E-state index is -0.690. The van der Waals surface area contributed by atoms with Gasteiger partial charge in [-0.3, -0.25) is 9.59 Å². The van der Waals surface area contributed by atoms with Crippen LogP contribution in [-0.4, -0.2) is 28.7 Å². The van der Waals surface area contributed by atoms with E-state index in [0.717, 1.165) is 39.4 Å². The lowest BCUT2D eigenvalue weighted by Crippen LogP contribution is -2.23. The van der Waals surface area contributed by atoms with E-state index in [4.69, 9.17) is 4.74 Å². The van der Waals surface area contributed by atoms with Gasteiger partial charge in [-0.15, -0.1) is 0 Å². The number of anilines is 2. The van der Waals surface area contributed by atoms with Crippen molar-refractivity contribution in [2.24, 2.45) is 0 Å². The SMILES string of the molecule is COc1cccc(-c2c(C)nn3c2NC(=O)C3CC(=O)Nc2ccc(C)c(C)c2)c1. The molecule has 2 amide bonds. The molecule has 1 aromatic heterocycles. The van der Waals surface area contributed by atoms with Crippen molar-refractivity contribution >= 4 is 23.3 Å². The molecule has 2 N–H and O–H groups in total. The summed E-state index contributed by atoms with van der Waals surface area (Å²) in [5.41, 5.74) is 5.48. The Bertz CT molecular complexity index is 1150. The van der Waals surface area contributed by atoms with Crippen molar-refractivity contribution in [3.63, 3.8) is 0 Å². The standard InChI is InChI=1S/C23H24N4O3/c1-13-8-9-17(10-14(13)2)24-20(28)12-19-23(29)25-22-21(15(3)26-27(19)22)16-6-5-7-18(11-16)30-4/h5-11,19H,12H2,1-4H3,(H,24,28)(H,25,29). The van der Waals surface area contributed by atoms with E-state index in [1.807, 2.05) is 63.2 Å². The zero-order chi connectivity index (χ0) is 21.4. The van der Waals surface area contributed by atoms with Gasteiger partial charge in [0.2, 0.25) is 5.91 Å². The molecule has 1 atom stereocenters. The van der Waals surface area contributed by atoms with Gasteiger partial charge in [0.25, 0.3) is 5.91 Å². The Morgan fingerprint density at radius 1 is 1.17 bits per heavy atom. The number of methoxy groups -OCH3 is 1. The molecule has 0 fully saturated rings. The molecule has 2 aromatic carbocycles. The number of nitrogens with zero attached hydrogens (tertiary/aromatic N) is 2. The van der Waals surface area contributed by atoms with Crippen molar-refractivity contribution in [1.82, 2.24) is 9.78 Å². The molecule has 1 unspecified atom stereocenters. The number of carbonyl (C=O) groups excluding carboxylic acids is 2. The van der Waals surface area contributed by atoms with Gasteiger partial charge >= 0.3 is 0 Å². The highest BCUT2D eigenvalue weighted by Gasteiger charge is 2.36. The first-order valence-electron chi connectivity index (χ1n) is 9.79. The third-order valence-electron chi connectivity index (χ3n) is 5.45. The number of carbonyl (C=O) groups is 2. The molecule has 0 saturated heterocycles. The van der Waals surface area contributed by atoms with E-state index in [1.165, 1.54) is 0 Å². The highest BCUT2D eigenvalue weighted by molar-refractivity contribution is 6.04. The quantitative estimate of drug-likeness (QED) is 0.673. The molecule has 2 heterocycles. The molecule has 0 aliphatic carbocycles. The van der Waals surface area contributed by atoms with Crippen LogP contribution in [0.3, 0.4) is 0 Å². The topological polar surface area (TPSA) is 85.2 Å². The smallest absolute Gasteiger partial charge is 0.251 e. The van der Waals surface area contributed by atoms with Gasteiger partial charge in [0.1, 0.15) is 17.6 Å². The van der Waals surface area contributed by atoms with Crippen molar-refractivity contribution in [3.8, 4) is 16.9 Å². The third-order valence-corrected chi connectivity index (χ3v) is 5.45. The number of fused-ring (bicyclic) bond motifs is 1. The lowest BCUT2D eigenvalue weighted by molar-refractivity contribution is -0.123. The van der Waals surface area contributed by atoms with E-state index in [9.17, 15) is 9.59 Å². The Kier molecular flexibility index (Phi) is 5.03. The summed E-state index contributed by atoms with van der Waals surface area (Å²) in [4.78, 5) is 25.2. The summed E-state index contributed by atoms with van der Waals surface area (Å²) in [5, 5.41) is 10.3. The molecule has 7 nitrogen and oxygen atoms in total. The number of hydrogen-bond donors (Lipinski definition) is 2. The van der Waals surface area contributed by atoms with Crippen LogP contribution in [0.4, 0.5) is 11.5 Å². The van der Waals surface area contributed by atoms with Gasteiger partial charge in [-0.2, -0.15) is 5.10 Å². The van der Waals surface area contributed by atoms with Crippen LogP contribution >= 0.6 is 0 Å². The van der Waals surface area contributed by atoms with Crippen molar-refractivity contribution in [3.05, 3.63) is 59.3 Å². The maximum atomic E-state index is 12.6. The van der Waals surface area contributed by atoms with Crippen LogP contribution in [0.2, 0.25) is 0 Å². The molecule has 154 valence electrons. The molecule has 30 heavy (non-hydrogen) atoms. The molecule has 0 spiro atoms. The Hall–Kier alpha value is -3.61. The van der Waals surface area contributed by atoms with Gasteiger partial charge in [0.05, 0.1) is 19.2 Å². The first-order chi connectivity index (χ1) is 14.4. The second-order valence-electron chi connectivity index (χ2n) is 7.54. The normalized spacial score (nSPS) is 14.9. The number of aromatic nitrogens is 2. The molecule has 1 aliphatic rings. The maximum Gasteiger partial charge on any atom is 0.251 e. The molecular formula is C23H24N4O3. The summed E-state index contributed by atoms with van der Waals surface area (Å²) in [6.45, 7) is 5.90. The summed E-state index contributed by atoms with van der Waals surface area (Å²) in [6, 6.07) is 12.7. The Balaban J connectivity index is 1.58. The first kappa shape index (κ1) is 19.7. The highest BCUT2D eigenvalue weighted by Crippen LogP contribution is 2.39. The lowest BCUT2D eigenvalue weighted by atomic mass is 10.1. The predicted octanol–water partition coefficient (Wildman–Crippen LogP) is 4.01. The number of benzene rings is 2. The second kappa shape index (κ2) is 7.67. The van der Waals surface area contributed by atoms with Crippen LogP contribution in [0, 0.1) is 20.8 Å². The van der Waals surface area contributed by atoms with Crippen LogP contribution in [0.1, 0.15) is 29.3 Å². The van der Waals surface area contributed by atoms with Crippen LogP contribution in [0.25, 0.3) is 11.1 Å². The molecular weight excluding hydrogens is 380 g/mol. The molecule has 0 radical (unpaired) electrons. The van der Waals surface area contributed by atoms with Crippen molar-refractivity contribution in [2.45, 2.75) is 33.2 Å². The fourth-order valence-corrected chi connectivity index (χ4v) is 3.71. The van der Waals surface area contributed by atoms with Crippen LogP contribution in [0.15, 0.2) is 42.5 Å². The van der Waals surface area contributed by atoms with E-state index in [0.29, 0.717) is 5.82 Å². The number of rotatable bonds is 5. The van der Waals surface area contributed by atoms with Crippen LogP contribution < -0.4 is 15.4 Å². The minimum Gasteiger partial charge on any atom is -0.497 e. The van der Waals surface area contributed by atoms with Crippen molar-refractivity contribution in [2.75, 3.05) is 17.7 Å². The summed E-state index contributed by atoms with van der Waals surface area (Å²) in [5.74, 6) is 0.856. The van der Waals surface area contributed by atoms with Gasteiger partial charge in [0.15, 0.2) is 0 Å². The fraction of sp³-hybridized carbons (Fsp3) is 0.261. The molecule has 1 aliphatic heterocycles.